The molecule has 2 aliphatic heterocycles. The molecule has 2 aromatic rings. The van der Waals surface area contributed by atoms with Crippen LogP contribution in [0.4, 0.5) is 0 Å². The maximum absolute atomic E-state index is 5.85. The zero-order chi connectivity index (χ0) is 15.5. The Bertz CT molecular complexity index is 692. The third-order valence-electron chi connectivity index (χ3n) is 3.71. The molecule has 2 aromatic carbocycles. The highest BCUT2D eigenvalue weighted by molar-refractivity contribution is 5.54. The van der Waals surface area contributed by atoms with Crippen molar-refractivity contribution in [2.45, 2.75) is 12.2 Å². The van der Waals surface area contributed by atoms with Gasteiger partial charge in [0.15, 0.2) is 17.6 Å². The minimum absolute atomic E-state index is 0.0232. The monoisotopic (exact) mass is 310 g/mol. The largest absolute Gasteiger partial charge is 0.487 e. The molecule has 2 atom stereocenters. The van der Waals surface area contributed by atoms with Gasteiger partial charge in [-0.1, -0.05) is 42.5 Å². The van der Waals surface area contributed by atoms with Gasteiger partial charge in [-0.2, -0.15) is 0 Å². The first-order valence-electron chi connectivity index (χ1n) is 7.78. The highest BCUT2D eigenvalue weighted by Crippen LogP contribution is 2.32. The molecule has 2 aliphatic rings. The van der Waals surface area contributed by atoms with Crippen LogP contribution in [0.5, 0.6) is 11.5 Å². The van der Waals surface area contributed by atoms with E-state index in [1.807, 2.05) is 48.5 Å². The van der Waals surface area contributed by atoms with Gasteiger partial charge in [-0.15, -0.1) is 0 Å². The molecule has 0 saturated carbocycles. The van der Waals surface area contributed by atoms with Gasteiger partial charge in [-0.3, -0.25) is 0 Å². The van der Waals surface area contributed by atoms with Gasteiger partial charge in [0.05, 0.1) is 6.61 Å². The fourth-order valence-electron chi connectivity index (χ4n) is 2.29. The Morgan fingerprint density at radius 1 is 0.913 bits per heavy atom. The van der Waals surface area contributed by atoms with Crippen molar-refractivity contribution in [2.24, 2.45) is 0 Å². The summed E-state index contributed by atoms with van der Waals surface area (Å²) in [4.78, 5) is 0. The maximum Gasteiger partial charge on any atom is 0.189 e. The first-order chi connectivity index (χ1) is 11.4. The Hall–Kier alpha value is -2.46. The second kappa shape index (κ2) is 6.34. The zero-order valence-corrected chi connectivity index (χ0v) is 12.7. The third-order valence-corrected chi connectivity index (χ3v) is 3.71. The molecule has 0 radical (unpaired) electrons. The number of rotatable bonds is 7. The normalized spacial score (nSPS) is 23.2. The van der Waals surface area contributed by atoms with Crippen LogP contribution in [0.25, 0.3) is 6.08 Å². The van der Waals surface area contributed by atoms with E-state index in [2.05, 4.69) is 12.1 Å². The minimum Gasteiger partial charge on any atom is -0.487 e. The highest BCUT2D eigenvalue weighted by Gasteiger charge is 2.33. The molecule has 4 rings (SSSR count). The summed E-state index contributed by atoms with van der Waals surface area (Å²) in [5, 5.41) is 0. The lowest BCUT2D eigenvalue weighted by Gasteiger charge is -2.10. The van der Waals surface area contributed by atoms with E-state index in [9.17, 15) is 0 Å². The van der Waals surface area contributed by atoms with Crippen molar-refractivity contribution in [1.82, 2.24) is 0 Å². The standard InChI is InChI=1S/C19H18O4/c1-2-6-14(7-3-1)10-18-19(23-18)13-22-17-9-5-4-8-16(17)21-12-15-11-20-15/h1-10,15,19H,11-13H2. The number of para-hydroxylation sites is 2. The van der Waals surface area contributed by atoms with Gasteiger partial charge in [0, 0.05) is 0 Å². The molecular formula is C19H18O4. The molecule has 2 saturated heterocycles. The highest BCUT2D eigenvalue weighted by atomic mass is 16.6. The Balaban J connectivity index is 1.32. The molecule has 2 fully saturated rings. The van der Waals surface area contributed by atoms with Gasteiger partial charge in [0.25, 0.3) is 0 Å². The van der Waals surface area contributed by atoms with Gasteiger partial charge in [-0.05, 0) is 23.8 Å². The van der Waals surface area contributed by atoms with E-state index in [0.717, 1.165) is 29.4 Å². The van der Waals surface area contributed by atoms with Crippen LogP contribution >= 0.6 is 0 Å². The summed E-state index contributed by atoms with van der Waals surface area (Å²) in [5.41, 5.74) is 1.14. The Morgan fingerprint density at radius 3 is 2.26 bits per heavy atom. The Labute approximate surface area is 135 Å². The van der Waals surface area contributed by atoms with Crippen LogP contribution in [0.1, 0.15) is 5.56 Å². The summed E-state index contributed by atoms with van der Waals surface area (Å²) in [5.74, 6) is 2.45. The number of hydrogen-bond acceptors (Lipinski definition) is 4. The van der Waals surface area contributed by atoms with Crippen LogP contribution in [0.2, 0.25) is 0 Å². The first kappa shape index (κ1) is 14.2. The van der Waals surface area contributed by atoms with Crippen LogP contribution in [-0.2, 0) is 9.47 Å². The van der Waals surface area contributed by atoms with E-state index in [4.69, 9.17) is 18.9 Å². The zero-order valence-electron chi connectivity index (χ0n) is 12.7. The molecule has 0 N–H and O–H groups in total. The molecule has 0 aromatic heterocycles. The van der Waals surface area contributed by atoms with E-state index < -0.39 is 0 Å². The van der Waals surface area contributed by atoms with E-state index in [-0.39, 0.29) is 12.2 Å². The van der Waals surface area contributed by atoms with Crippen molar-refractivity contribution in [1.29, 1.82) is 0 Å². The second-order valence-electron chi connectivity index (χ2n) is 5.59. The van der Waals surface area contributed by atoms with E-state index >= 15 is 0 Å². The molecule has 4 heteroatoms. The van der Waals surface area contributed by atoms with Crippen molar-refractivity contribution in [3.05, 3.63) is 65.9 Å². The fourth-order valence-corrected chi connectivity index (χ4v) is 2.29. The third kappa shape index (κ3) is 3.85. The molecule has 2 unspecified atom stereocenters. The summed E-state index contributed by atoms with van der Waals surface area (Å²) >= 11 is 0. The van der Waals surface area contributed by atoms with E-state index in [1.165, 1.54) is 0 Å². The smallest absolute Gasteiger partial charge is 0.189 e. The first-order valence-corrected chi connectivity index (χ1v) is 7.78. The lowest BCUT2D eigenvalue weighted by Crippen LogP contribution is -2.08. The minimum atomic E-state index is 0.0232. The van der Waals surface area contributed by atoms with Crippen LogP contribution < -0.4 is 9.47 Å². The number of benzene rings is 2. The van der Waals surface area contributed by atoms with Crippen LogP contribution in [-0.4, -0.2) is 32.0 Å². The summed E-state index contributed by atoms with van der Waals surface area (Å²) in [6.45, 7) is 1.84. The number of epoxide rings is 2. The summed E-state index contributed by atoms with van der Waals surface area (Å²) in [7, 11) is 0. The topological polar surface area (TPSA) is 43.5 Å². The molecule has 118 valence electrons. The molecule has 0 bridgehead atoms. The van der Waals surface area contributed by atoms with Crippen molar-refractivity contribution >= 4 is 6.08 Å². The average molecular weight is 310 g/mol. The summed E-state index contributed by atoms with van der Waals surface area (Å²) < 4.78 is 22.3. The number of hydrogen-bond donors (Lipinski definition) is 0. The molecular weight excluding hydrogens is 292 g/mol. The predicted molar refractivity (Wildman–Crippen MR) is 86.5 cm³/mol. The van der Waals surface area contributed by atoms with Gasteiger partial charge in [0.2, 0.25) is 0 Å². The van der Waals surface area contributed by atoms with Gasteiger partial charge >= 0.3 is 0 Å². The lowest BCUT2D eigenvalue weighted by molar-refractivity contribution is 0.228. The Kier molecular flexibility index (Phi) is 3.90. The van der Waals surface area contributed by atoms with E-state index in [1.54, 1.807) is 0 Å². The molecule has 0 aliphatic carbocycles. The van der Waals surface area contributed by atoms with Gasteiger partial charge in [0.1, 0.15) is 25.1 Å². The quantitative estimate of drug-likeness (QED) is 0.736. The second-order valence-corrected chi connectivity index (χ2v) is 5.59. The van der Waals surface area contributed by atoms with Gasteiger partial charge < -0.3 is 18.9 Å². The number of ether oxygens (including phenoxy) is 4. The van der Waals surface area contributed by atoms with Crippen LogP contribution in [0, 0.1) is 0 Å². The summed E-state index contributed by atoms with van der Waals surface area (Å²) in [6.07, 6.45) is 2.30. The molecule has 4 nitrogen and oxygen atoms in total. The Morgan fingerprint density at radius 2 is 1.57 bits per heavy atom. The predicted octanol–water partition coefficient (Wildman–Crippen LogP) is 3.28. The molecule has 0 spiro atoms. The lowest BCUT2D eigenvalue weighted by atomic mass is 10.2. The SMILES string of the molecule is C(=C1OC1COc1ccccc1OCC1CO1)c1ccccc1. The average Bonchev–Trinajstić information content (AvgIpc) is 3.50. The fraction of sp³-hybridized carbons (Fsp3) is 0.263. The van der Waals surface area contributed by atoms with Crippen LogP contribution in [0.3, 0.4) is 0 Å². The van der Waals surface area contributed by atoms with Crippen molar-refractivity contribution < 1.29 is 18.9 Å². The molecule has 23 heavy (non-hydrogen) atoms. The van der Waals surface area contributed by atoms with Crippen molar-refractivity contribution in [2.75, 3.05) is 19.8 Å². The van der Waals surface area contributed by atoms with E-state index in [0.29, 0.717) is 13.2 Å². The van der Waals surface area contributed by atoms with Crippen molar-refractivity contribution in [3.63, 3.8) is 0 Å². The van der Waals surface area contributed by atoms with Crippen LogP contribution in [0.15, 0.2) is 60.4 Å². The van der Waals surface area contributed by atoms with Gasteiger partial charge in [-0.25, -0.2) is 0 Å². The summed E-state index contributed by atoms with van der Waals surface area (Å²) in [6, 6.07) is 17.8. The molecule has 2 heterocycles. The maximum atomic E-state index is 5.85. The van der Waals surface area contributed by atoms with Crippen molar-refractivity contribution in [3.8, 4) is 11.5 Å². The molecule has 0 amide bonds.